The first-order valence-corrected chi connectivity index (χ1v) is 26.1. The Morgan fingerprint density at radius 2 is 1.51 bits per heavy atom. The minimum absolute atomic E-state index is 0.0655. The highest BCUT2D eigenvalue weighted by molar-refractivity contribution is 6.23. The van der Waals surface area contributed by atoms with Gasteiger partial charge in [0.2, 0.25) is 0 Å². The number of hydrazone groups is 1. The van der Waals surface area contributed by atoms with Gasteiger partial charge in [0.15, 0.2) is 5.75 Å². The van der Waals surface area contributed by atoms with Gasteiger partial charge in [0, 0.05) is 67.7 Å². The molecule has 0 aromatic heterocycles. The van der Waals surface area contributed by atoms with Gasteiger partial charge in [0.25, 0.3) is 11.7 Å². The number of allylic oxidation sites excluding steroid dienone is 2. The number of amides is 1. The molecule has 0 saturated heterocycles. The third-order valence-corrected chi connectivity index (χ3v) is 16.6. The van der Waals surface area contributed by atoms with Crippen LogP contribution in [0.25, 0.3) is 10.8 Å². The first-order chi connectivity index (χ1) is 33.7. The number of esters is 1. The largest absolute Gasteiger partial charge is 0.507 e. The minimum Gasteiger partial charge on any atom is -0.507 e. The Bertz CT molecular complexity index is 2410. The first-order valence-electron chi connectivity index (χ1n) is 26.1. The lowest BCUT2D eigenvalue weighted by Gasteiger charge is -2.59. The van der Waals surface area contributed by atoms with Crippen molar-refractivity contribution in [1.29, 1.82) is 0 Å². The number of ketones is 1. The Morgan fingerprint density at radius 3 is 2.13 bits per heavy atom. The van der Waals surface area contributed by atoms with E-state index in [1.807, 2.05) is 0 Å². The van der Waals surface area contributed by atoms with Crippen molar-refractivity contribution in [2.75, 3.05) is 19.0 Å². The molecular formula is C56H79N3O12. The number of fused-ring (bicyclic) bond motifs is 14. The number of unbranched alkanes of at least 4 members (excludes halogenated alkanes) is 5. The number of phenols is 3. The Balaban J connectivity index is 1.37. The molecule has 0 unspecified atom stereocenters. The molecule has 2 aromatic rings. The summed E-state index contributed by atoms with van der Waals surface area (Å²) in [6.07, 6.45) is 18.6. The highest BCUT2D eigenvalue weighted by Gasteiger charge is 2.54. The van der Waals surface area contributed by atoms with Crippen LogP contribution in [-0.4, -0.2) is 104 Å². The predicted molar refractivity (Wildman–Crippen MR) is 272 cm³/mol. The molecule has 9 atom stereocenters. The number of benzene rings is 2. The van der Waals surface area contributed by atoms with E-state index >= 15 is 0 Å². The molecule has 9 bridgehead atoms. The van der Waals surface area contributed by atoms with Crippen molar-refractivity contribution in [1.82, 2.24) is 5.01 Å². The van der Waals surface area contributed by atoms with Gasteiger partial charge in [-0.2, -0.15) is 5.10 Å². The fraction of sp³-hybridized carbons (Fsp3) is 0.643. The standard InChI is InChI=1S/C56H79N3O12/c1-11-12-13-14-15-16-21-59(56-26-37-23-38(27-56)25-39(24-37)28-56)57-29-40-45-50(65)43-42(49(40)64)44-52(35(7)48(43)63)71-55(9,53(44)66)69-22-20-41(68-10)32(4)51(70-36(8)60)34(6)47(62)33(5)46(61)30(2)18-17-19-31(3)54(67)58-45/h17-20,22,29-30,32-34,37-39,41,46-47,51,61-65H,11-16,21,23-28H2,1-10H3,(H,58,67)/t30-,32+,33-,34-,37?,38?,39?,41+,46-,47-,51+,55+,56?/m1/s1. The van der Waals surface area contributed by atoms with Gasteiger partial charge in [0.05, 0.1) is 58.5 Å². The molecule has 390 valence electrons. The molecule has 3 heterocycles. The van der Waals surface area contributed by atoms with Crippen LogP contribution in [0.4, 0.5) is 5.69 Å². The molecule has 15 nitrogen and oxygen atoms in total. The number of hydrogen-bond acceptors (Lipinski definition) is 14. The van der Waals surface area contributed by atoms with Crippen molar-refractivity contribution in [2.45, 2.75) is 175 Å². The SMILES string of the molecule is CCCCCCCCN(N=Cc1c2c(O)c3c(O)c(C)c4c(c3c1O)C(=O)[C@@](C)(OC=C[C@H](OC)[C@H](C)[C@H](OC(C)=O)[C@H](C)[C@H](O)[C@H](C)[C@H](O)[C@H](C)C=CC=C(C)C(=O)N2)O4)C12CC3CC(CC(C3)C1)C2. The highest BCUT2D eigenvalue weighted by Crippen LogP contribution is 2.59. The van der Waals surface area contributed by atoms with Gasteiger partial charge in [-0.15, -0.1) is 0 Å². The van der Waals surface area contributed by atoms with Crippen molar-refractivity contribution in [3.8, 4) is 23.0 Å². The van der Waals surface area contributed by atoms with E-state index in [0.29, 0.717) is 24.3 Å². The number of phenolic OH excluding ortho intramolecular Hbond substituents is 3. The van der Waals surface area contributed by atoms with Gasteiger partial charge in [0.1, 0.15) is 23.4 Å². The molecule has 7 aliphatic rings. The second-order valence-corrected chi connectivity index (χ2v) is 21.9. The summed E-state index contributed by atoms with van der Waals surface area (Å²) >= 11 is 0. The van der Waals surface area contributed by atoms with Crippen LogP contribution in [-0.2, 0) is 23.8 Å². The van der Waals surface area contributed by atoms with Crippen LogP contribution in [0.1, 0.15) is 154 Å². The average Bonchev–Trinajstić information content (AvgIpc) is 3.59. The lowest BCUT2D eigenvalue weighted by atomic mass is 9.52. The fourth-order valence-corrected chi connectivity index (χ4v) is 12.8. The average molecular weight is 986 g/mol. The molecule has 0 radical (unpaired) electrons. The number of aliphatic hydroxyl groups is 2. The Morgan fingerprint density at radius 1 is 0.873 bits per heavy atom. The molecular weight excluding hydrogens is 907 g/mol. The topological polar surface area (TPSA) is 217 Å². The number of anilines is 1. The van der Waals surface area contributed by atoms with E-state index in [4.69, 9.17) is 24.0 Å². The smallest absolute Gasteiger partial charge is 0.312 e. The van der Waals surface area contributed by atoms with Crippen LogP contribution in [0.2, 0.25) is 0 Å². The van der Waals surface area contributed by atoms with Crippen LogP contribution in [0.3, 0.4) is 0 Å². The fourth-order valence-electron chi connectivity index (χ4n) is 12.8. The monoisotopic (exact) mass is 986 g/mol. The molecule has 4 saturated carbocycles. The van der Waals surface area contributed by atoms with Crippen LogP contribution < -0.4 is 10.1 Å². The van der Waals surface area contributed by atoms with E-state index in [0.717, 1.165) is 44.9 Å². The maximum atomic E-state index is 14.8. The zero-order valence-electron chi connectivity index (χ0n) is 43.5. The molecule has 4 fully saturated rings. The van der Waals surface area contributed by atoms with Gasteiger partial charge in [-0.1, -0.05) is 85.0 Å². The zero-order valence-corrected chi connectivity index (χ0v) is 43.5. The van der Waals surface area contributed by atoms with E-state index in [2.05, 4.69) is 17.2 Å². The lowest BCUT2D eigenvalue weighted by Crippen LogP contribution is -2.58. The van der Waals surface area contributed by atoms with Crippen molar-refractivity contribution >= 4 is 40.3 Å². The van der Waals surface area contributed by atoms with Gasteiger partial charge in [-0.3, -0.25) is 19.4 Å². The van der Waals surface area contributed by atoms with Crippen molar-refractivity contribution in [3.05, 3.63) is 52.8 Å². The van der Waals surface area contributed by atoms with Crippen LogP contribution in [0, 0.1) is 48.3 Å². The van der Waals surface area contributed by atoms with Gasteiger partial charge < -0.3 is 49.8 Å². The number of rotatable bonds is 12. The lowest BCUT2D eigenvalue weighted by molar-refractivity contribution is -0.160. The van der Waals surface area contributed by atoms with Crippen molar-refractivity contribution in [2.24, 2.45) is 46.5 Å². The quantitative estimate of drug-likeness (QED) is 0.0292. The third-order valence-electron chi connectivity index (χ3n) is 16.6. The van der Waals surface area contributed by atoms with E-state index in [-0.39, 0.29) is 50.0 Å². The maximum absolute atomic E-state index is 14.8. The van der Waals surface area contributed by atoms with Gasteiger partial charge in [-0.05, 0) is 82.6 Å². The van der Waals surface area contributed by atoms with E-state index < -0.39 is 88.8 Å². The van der Waals surface area contributed by atoms with Crippen LogP contribution in [0.15, 0.2) is 41.2 Å². The normalized spacial score (nSPS) is 33.1. The number of Topliss-reactive ketones (excluding diaryl/α,β-unsaturated/α-hetero) is 1. The summed E-state index contributed by atoms with van der Waals surface area (Å²) in [5, 5.41) is 69.9. The van der Waals surface area contributed by atoms with Crippen molar-refractivity contribution < 1.29 is 58.9 Å². The van der Waals surface area contributed by atoms with E-state index in [1.54, 1.807) is 52.8 Å². The number of nitrogens with one attached hydrogen (secondary N) is 1. The number of aromatic hydroxyl groups is 3. The number of aliphatic hydroxyl groups excluding tert-OH is 2. The summed E-state index contributed by atoms with van der Waals surface area (Å²) in [7, 11) is 1.46. The summed E-state index contributed by atoms with van der Waals surface area (Å²) in [6.45, 7) is 15.6. The summed E-state index contributed by atoms with van der Waals surface area (Å²) in [5.74, 6) is -6.28. The Kier molecular flexibility index (Phi) is 16.6. The van der Waals surface area contributed by atoms with Crippen molar-refractivity contribution in [3.63, 3.8) is 0 Å². The molecule has 1 amide bonds. The zero-order chi connectivity index (χ0) is 51.7. The number of methoxy groups -OCH3 is 1. The number of hydrogen-bond donors (Lipinski definition) is 6. The summed E-state index contributed by atoms with van der Waals surface area (Å²) in [5.41, 5.74) is -0.324. The van der Waals surface area contributed by atoms with Crippen LogP contribution in [0.5, 0.6) is 23.0 Å². The predicted octanol–water partition coefficient (Wildman–Crippen LogP) is 9.72. The number of ether oxygens (including phenoxy) is 4. The second-order valence-electron chi connectivity index (χ2n) is 21.9. The third kappa shape index (κ3) is 10.7. The molecule has 0 spiro atoms. The summed E-state index contributed by atoms with van der Waals surface area (Å²) in [6, 6.07) is 0. The number of nitrogens with zero attached hydrogens (tertiary/aromatic N) is 2. The molecule has 15 heteroatoms. The highest BCUT2D eigenvalue weighted by atomic mass is 16.7. The summed E-state index contributed by atoms with van der Waals surface area (Å²) < 4.78 is 24.0. The number of carbonyl (C=O) groups excluding carboxylic acids is 3. The molecule has 4 aliphatic carbocycles. The first kappa shape index (κ1) is 53.7. The Labute approximate surface area is 419 Å². The van der Waals surface area contributed by atoms with E-state index in [9.17, 15) is 39.9 Å². The van der Waals surface area contributed by atoms with Gasteiger partial charge >= 0.3 is 11.8 Å². The maximum Gasteiger partial charge on any atom is 0.312 e. The number of carbonyl (C=O) groups is 3. The molecule has 71 heavy (non-hydrogen) atoms. The van der Waals surface area contributed by atoms with Gasteiger partial charge in [-0.25, -0.2) is 0 Å². The summed E-state index contributed by atoms with van der Waals surface area (Å²) in [4.78, 5) is 41.5. The molecule has 6 N–H and O–H groups in total. The molecule has 2 aromatic carbocycles. The Hall–Kier alpha value is -5.12. The minimum atomic E-state index is -2.05. The molecule has 3 aliphatic heterocycles. The van der Waals surface area contributed by atoms with E-state index in [1.165, 1.54) is 78.5 Å². The van der Waals surface area contributed by atoms with Crippen LogP contribution >= 0.6 is 0 Å². The second kappa shape index (κ2) is 21.9. The molecule has 9 rings (SSSR count).